The number of aliphatic hydroxyl groups is 1. The topological polar surface area (TPSA) is 101 Å². The van der Waals surface area contributed by atoms with Crippen molar-refractivity contribution in [3.05, 3.63) is 0 Å². The van der Waals surface area contributed by atoms with Gasteiger partial charge in [0.1, 0.15) is 0 Å². The molecule has 11 heavy (non-hydrogen) atoms. The normalized spacial score (nSPS) is 18.5. The number of Topliss-reactive ketones (excluding diaryl/α,β-unsaturated/α-hetero) is 1. The maximum absolute atomic E-state index is 10.9. The summed E-state index contributed by atoms with van der Waals surface area (Å²) in [4.78, 5) is 21.1. The summed E-state index contributed by atoms with van der Waals surface area (Å²) in [5, 5.41) is 17.3. The van der Waals surface area contributed by atoms with Crippen molar-refractivity contribution in [2.45, 2.75) is 25.5 Å². The molecule has 0 bridgehead atoms. The summed E-state index contributed by atoms with van der Waals surface area (Å²) in [6.07, 6.45) is 0. The minimum absolute atomic E-state index is 0.898. The predicted molar refractivity (Wildman–Crippen MR) is 36.9 cm³/mol. The van der Waals surface area contributed by atoms with Gasteiger partial charge in [0, 0.05) is 0 Å². The lowest BCUT2D eigenvalue weighted by Gasteiger charge is -2.17. The second-order valence-corrected chi connectivity index (χ2v) is 2.53. The SMILES string of the molecule is CC(N)C(=O)C(C)(O)C(=O)O. The fourth-order valence-corrected chi connectivity index (χ4v) is 0.549. The van der Waals surface area contributed by atoms with Crippen molar-refractivity contribution < 1.29 is 19.8 Å². The second-order valence-electron chi connectivity index (χ2n) is 2.53. The van der Waals surface area contributed by atoms with Crippen LogP contribution in [0, 0.1) is 0 Å². The molecule has 64 valence electrons. The van der Waals surface area contributed by atoms with E-state index in [-0.39, 0.29) is 0 Å². The molecule has 2 atom stereocenters. The van der Waals surface area contributed by atoms with Crippen molar-refractivity contribution in [3.63, 3.8) is 0 Å². The first-order valence-corrected chi connectivity index (χ1v) is 3.05. The molecular weight excluding hydrogens is 150 g/mol. The van der Waals surface area contributed by atoms with Crippen molar-refractivity contribution >= 4 is 11.8 Å². The third kappa shape index (κ3) is 1.99. The molecule has 4 N–H and O–H groups in total. The number of hydrogen-bond donors (Lipinski definition) is 3. The monoisotopic (exact) mass is 161 g/mol. The van der Waals surface area contributed by atoms with Gasteiger partial charge in [0.2, 0.25) is 5.60 Å². The molecule has 0 aromatic carbocycles. The molecule has 0 aliphatic carbocycles. The molecule has 2 unspecified atom stereocenters. The largest absolute Gasteiger partial charge is 0.479 e. The Morgan fingerprint density at radius 3 is 2.00 bits per heavy atom. The molecule has 0 aromatic rings. The highest BCUT2D eigenvalue weighted by Crippen LogP contribution is 2.06. The van der Waals surface area contributed by atoms with E-state index in [1.807, 2.05) is 0 Å². The van der Waals surface area contributed by atoms with Gasteiger partial charge in [-0.3, -0.25) is 4.79 Å². The van der Waals surface area contributed by atoms with Gasteiger partial charge in [-0.25, -0.2) is 4.79 Å². The number of carboxylic acid groups (broad SMARTS) is 1. The van der Waals surface area contributed by atoms with Gasteiger partial charge in [0.25, 0.3) is 0 Å². The molecule has 0 heterocycles. The fraction of sp³-hybridized carbons (Fsp3) is 0.667. The van der Waals surface area contributed by atoms with Crippen LogP contribution in [0.2, 0.25) is 0 Å². The number of carbonyl (C=O) groups excluding carboxylic acids is 1. The smallest absolute Gasteiger partial charge is 0.343 e. The average molecular weight is 161 g/mol. The number of carboxylic acids is 1. The maximum atomic E-state index is 10.9. The Labute approximate surface area is 63.8 Å². The van der Waals surface area contributed by atoms with Crippen LogP contribution in [-0.2, 0) is 9.59 Å². The van der Waals surface area contributed by atoms with Crippen molar-refractivity contribution in [1.82, 2.24) is 0 Å². The number of aliphatic carboxylic acids is 1. The maximum Gasteiger partial charge on any atom is 0.343 e. The van der Waals surface area contributed by atoms with E-state index in [1.54, 1.807) is 0 Å². The molecule has 0 radical (unpaired) electrons. The number of ketones is 1. The summed E-state index contributed by atoms with van der Waals surface area (Å²) in [7, 11) is 0. The van der Waals surface area contributed by atoms with E-state index < -0.39 is 23.4 Å². The standard InChI is InChI=1S/C6H11NO4/c1-3(7)4(8)6(2,11)5(9)10/h3,11H,7H2,1-2H3,(H,9,10). The molecular formula is C6H11NO4. The van der Waals surface area contributed by atoms with Crippen molar-refractivity contribution in [3.8, 4) is 0 Å². The average Bonchev–Trinajstić information content (AvgIpc) is 1.85. The minimum Gasteiger partial charge on any atom is -0.479 e. The summed E-state index contributed by atoms with van der Waals surface area (Å²) in [5.41, 5.74) is 2.72. The van der Waals surface area contributed by atoms with Crippen LogP contribution in [0.15, 0.2) is 0 Å². The third-order valence-electron chi connectivity index (χ3n) is 1.31. The second kappa shape index (κ2) is 2.98. The Balaban J connectivity index is 4.56. The Morgan fingerprint density at radius 1 is 1.55 bits per heavy atom. The summed E-state index contributed by atoms with van der Waals surface area (Å²) in [6, 6.07) is -0.971. The van der Waals surface area contributed by atoms with E-state index in [0.29, 0.717) is 0 Å². The lowest BCUT2D eigenvalue weighted by atomic mass is 9.97. The number of hydrogen-bond acceptors (Lipinski definition) is 4. The van der Waals surface area contributed by atoms with E-state index >= 15 is 0 Å². The van der Waals surface area contributed by atoms with Crippen LogP contribution >= 0.6 is 0 Å². The van der Waals surface area contributed by atoms with Crippen LogP contribution < -0.4 is 5.73 Å². The van der Waals surface area contributed by atoms with Crippen LogP contribution in [0.25, 0.3) is 0 Å². The van der Waals surface area contributed by atoms with E-state index in [9.17, 15) is 9.59 Å². The molecule has 0 aliphatic heterocycles. The van der Waals surface area contributed by atoms with Crippen LogP contribution in [-0.4, -0.2) is 33.6 Å². The van der Waals surface area contributed by atoms with Gasteiger partial charge in [0.15, 0.2) is 5.78 Å². The summed E-state index contributed by atoms with van der Waals surface area (Å²) in [5.74, 6) is -2.48. The van der Waals surface area contributed by atoms with E-state index in [1.165, 1.54) is 6.92 Å². The number of nitrogens with two attached hydrogens (primary N) is 1. The Bertz CT molecular complexity index is 185. The van der Waals surface area contributed by atoms with Gasteiger partial charge in [0.05, 0.1) is 6.04 Å². The molecule has 0 amide bonds. The van der Waals surface area contributed by atoms with Crippen molar-refractivity contribution in [2.75, 3.05) is 0 Å². The lowest BCUT2D eigenvalue weighted by molar-refractivity contribution is -0.163. The molecule has 0 spiro atoms. The molecule has 0 saturated carbocycles. The first-order chi connectivity index (χ1) is 4.80. The Morgan fingerprint density at radius 2 is 1.91 bits per heavy atom. The number of rotatable bonds is 3. The Hall–Kier alpha value is -0.940. The molecule has 0 aromatic heterocycles. The first-order valence-electron chi connectivity index (χ1n) is 3.05. The van der Waals surface area contributed by atoms with E-state index in [2.05, 4.69) is 0 Å². The Kier molecular flexibility index (Phi) is 2.72. The van der Waals surface area contributed by atoms with Crippen LogP contribution in [0.4, 0.5) is 0 Å². The molecule has 5 nitrogen and oxygen atoms in total. The molecule has 0 saturated heterocycles. The fourth-order valence-electron chi connectivity index (χ4n) is 0.549. The quantitative estimate of drug-likeness (QED) is 0.448. The molecule has 0 aliphatic rings. The van der Waals surface area contributed by atoms with Gasteiger partial charge in [-0.15, -0.1) is 0 Å². The van der Waals surface area contributed by atoms with Crippen LogP contribution in [0.5, 0.6) is 0 Å². The highest BCUT2D eigenvalue weighted by molar-refractivity contribution is 6.07. The zero-order valence-electron chi connectivity index (χ0n) is 6.37. The van der Waals surface area contributed by atoms with Gasteiger partial charge < -0.3 is 15.9 Å². The van der Waals surface area contributed by atoms with Gasteiger partial charge in [-0.1, -0.05) is 0 Å². The van der Waals surface area contributed by atoms with Crippen LogP contribution in [0.3, 0.4) is 0 Å². The van der Waals surface area contributed by atoms with Crippen LogP contribution in [0.1, 0.15) is 13.8 Å². The molecule has 0 fully saturated rings. The zero-order chi connectivity index (χ0) is 9.23. The lowest BCUT2D eigenvalue weighted by Crippen LogP contribution is -2.50. The van der Waals surface area contributed by atoms with E-state index in [0.717, 1.165) is 6.92 Å². The van der Waals surface area contributed by atoms with Crippen molar-refractivity contribution in [2.24, 2.45) is 5.73 Å². The van der Waals surface area contributed by atoms with Crippen molar-refractivity contribution in [1.29, 1.82) is 0 Å². The summed E-state index contributed by atoms with van der Waals surface area (Å²) in [6.45, 7) is 2.22. The highest BCUT2D eigenvalue weighted by atomic mass is 16.4. The van der Waals surface area contributed by atoms with Gasteiger partial charge in [-0.05, 0) is 13.8 Å². The predicted octanol–water partition coefficient (Wildman–Crippen LogP) is -1.26. The summed E-state index contributed by atoms with van der Waals surface area (Å²) >= 11 is 0. The third-order valence-corrected chi connectivity index (χ3v) is 1.31. The van der Waals surface area contributed by atoms with Gasteiger partial charge in [-0.2, -0.15) is 0 Å². The molecule has 5 heteroatoms. The van der Waals surface area contributed by atoms with E-state index in [4.69, 9.17) is 15.9 Å². The molecule has 0 rings (SSSR count). The number of carbonyl (C=O) groups is 2. The first kappa shape index (κ1) is 10.1. The van der Waals surface area contributed by atoms with Gasteiger partial charge >= 0.3 is 5.97 Å². The summed E-state index contributed by atoms with van der Waals surface area (Å²) < 4.78 is 0. The minimum atomic E-state index is -2.37. The zero-order valence-corrected chi connectivity index (χ0v) is 6.37. The highest BCUT2D eigenvalue weighted by Gasteiger charge is 2.40.